The van der Waals surface area contributed by atoms with E-state index in [2.05, 4.69) is 38.2 Å². The first-order valence-corrected chi connectivity index (χ1v) is 10.5. The fourth-order valence-electron chi connectivity index (χ4n) is 3.16. The van der Waals surface area contributed by atoms with Crippen LogP contribution in [0.4, 0.5) is 5.82 Å². The smallest absolute Gasteiger partial charge is 0.321 e. The maximum absolute atomic E-state index is 5.82. The molecule has 7 nitrogen and oxygen atoms in total. The Morgan fingerprint density at radius 2 is 2.06 bits per heavy atom. The molecule has 1 aliphatic rings. The minimum Gasteiger partial charge on any atom is -0.463 e. The molecular weight excluding hydrogens is 390 g/mol. The summed E-state index contributed by atoms with van der Waals surface area (Å²) < 4.78 is 5.82. The second kappa shape index (κ2) is 11.6. The van der Waals surface area contributed by atoms with Crippen molar-refractivity contribution >= 4 is 12.0 Å². The van der Waals surface area contributed by atoms with Gasteiger partial charge in [-0.15, -0.1) is 0 Å². The van der Waals surface area contributed by atoms with Crippen LogP contribution in [0.3, 0.4) is 0 Å². The lowest BCUT2D eigenvalue weighted by Gasteiger charge is -2.27. The van der Waals surface area contributed by atoms with E-state index in [0.29, 0.717) is 18.9 Å². The van der Waals surface area contributed by atoms with Crippen LogP contribution in [0.5, 0.6) is 11.9 Å². The average Bonchev–Trinajstić information content (AvgIpc) is 2.79. The number of rotatable bonds is 10. The summed E-state index contributed by atoms with van der Waals surface area (Å²) in [6, 6.07) is 7.88. The van der Waals surface area contributed by atoms with Gasteiger partial charge in [-0.05, 0) is 43.9 Å². The molecule has 0 saturated carbocycles. The van der Waals surface area contributed by atoms with Gasteiger partial charge in [0.2, 0.25) is 0 Å². The van der Waals surface area contributed by atoms with Crippen LogP contribution in [0, 0.1) is 0 Å². The Morgan fingerprint density at radius 3 is 2.77 bits per heavy atom. The van der Waals surface area contributed by atoms with Crippen molar-refractivity contribution in [3.05, 3.63) is 72.6 Å². The van der Waals surface area contributed by atoms with Gasteiger partial charge in [0, 0.05) is 37.5 Å². The highest BCUT2D eigenvalue weighted by Gasteiger charge is 2.16. The van der Waals surface area contributed by atoms with E-state index in [1.807, 2.05) is 31.2 Å². The first-order chi connectivity index (χ1) is 15.1. The van der Waals surface area contributed by atoms with Gasteiger partial charge < -0.3 is 14.5 Å². The highest BCUT2D eigenvalue weighted by atomic mass is 16.6. The van der Waals surface area contributed by atoms with Crippen LogP contribution in [-0.4, -0.2) is 40.9 Å². The molecule has 162 valence electrons. The molecule has 0 bridgehead atoms. The zero-order valence-electron chi connectivity index (χ0n) is 18.0. The molecule has 0 radical (unpaired) electrons. The summed E-state index contributed by atoms with van der Waals surface area (Å²) in [7, 11) is 0. The molecule has 1 saturated heterocycles. The molecule has 0 aromatic carbocycles. The maximum Gasteiger partial charge on any atom is 0.321 e. The van der Waals surface area contributed by atoms with Crippen molar-refractivity contribution in [3.8, 4) is 11.9 Å². The van der Waals surface area contributed by atoms with Crippen LogP contribution in [0.1, 0.15) is 31.9 Å². The number of aromatic nitrogens is 3. The highest BCUT2D eigenvalue weighted by molar-refractivity contribution is 5.82. The number of pyridine rings is 1. The zero-order valence-corrected chi connectivity index (χ0v) is 18.0. The Hall–Kier alpha value is -3.48. The topological polar surface area (TPSA) is 72.7 Å². The van der Waals surface area contributed by atoms with E-state index in [4.69, 9.17) is 9.57 Å². The van der Waals surface area contributed by atoms with Crippen molar-refractivity contribution in [1.82, 2.24) is 15.0 Å². The maximum atomic E-state index is 5.82. The van der Waals surface area contributed by atoms with Crippen LogP contribution in [-0.2, 0) is 6.42 Å². The lowest BCUT2D eigenvalue weighted by molar-refractivity contribution is 0.278. The first kappa shape index (κ1) is 22.2. The fourth-order valence-corrected chi connectivity index (χ4v) is 3.16. The van der Waals surface area contributed by atoms with Crippen molar-refractivity contribution in [2.45, 2.75) is 32.6 Å². The number of anilines is 1. The van der Waals surface area contributed by atoms with Gasteiger partial charge >= 0.3 is 6.01 Å². The van der Waals surface area contributed by atoms with Crippen LogP contribution < -0.4 is 14.5 Å². The van der Waals surface area contributed by atoms with E-state index in [1.165, 1.54) is 6.42 Å². The summed E-state index contributed by atoms with van der Waals surface area (Å²) in [5.41, 5.74) is 2.65. The number of ether oxygens (including phenoxy) is 1. The molecule has 2 aromatic heterocycles. The van der Waals surface area contributed by atoms with E-state index in [1.54, 1.807) is 24.6 Å². The molecule has 31 heavy (non-hydrogen) atoms. The predicted molar refractivity (Wildman–Crippen MR) is 124 cm³/mol. The summed E-state index contributed by atoms with van der Waals surface area (Å²) in [4.78, 5) is 21.0. The number of hydrogen-bond acceptors (Lipinski definition) is 7. The Bertz CT molecular complexity index is 934. The van der Waals surface area contributed by atoms with E-state index in [-0.39, 0.29) is 6.01 Å². The summed E-state index contributed by atoms with van der Waals surface area (Å²) in [5.74, 6) is 1.12. The Labute approximate surface area is 183 Å². The third-order valence-electron chi connectivity index (χ3n) is 4.66. The second-order valence-corrected chi connectivity index (χ2v) is 7.33. The van der Waals surface area contributed by atoms with Crippen LogP contribution in [0.15, 0.2) is 72.1 Å². The Kier molecular flexibility index (Phi) is 8.34. The summed E-state index contributed by atoms with van der Waals surface area (Å²) >= 11 is 0. The van der Waals surface area contributed by atoms with Gasteiger partial charge in [0.25, 0.3) is 5.88 Å². The first-order valence-electron chi connectivity index (χ1n) is 10.5. The van der Waals surface area contributed by atoms with Gasteiger partial charge in [0.1, 0.15) is 5.82 Å². The minimum absolute atomic E-state index is 0.269. The van der Waals surface area contributed by atoms with Crippen molar-refractivity contribution in [1.29, 1.82) is 0 Å². The van der Waals surface area contributed by atoms with Crippen molar-refractivity contribution in [2.75, 3.05) is 24.6 Å². The number of oxime groups is 1. The van der Waals surface area contributed by atoms with Crippen LogP contribution in [0.25, 0.3) is 0 Å². The van der Waals surface area contributed by atoms with Gasteiger partial charge in [0.15, 0.2) is 0 Å². The van der Waals surface area contributed by atoms with E-state index >= 15 is 0 Å². The van der Waals surface area contributed by atoms with Gasteiger partial charge in [-0.3, -0.25) is 4.98 Å². The van der Waals surface area contributed by atoms with Gasteiger partial charge in [0.05, 0.1) is 12.8 Å². The lowest BCUT2D eigenvalue weighted by Crippen LogP contribution is -2.30. The number of piperidine rings is 1. The van der Waals surface area contributed by atoms with Gasteiger partial charge in [-0.2, -0.15) is 9.97 Å². The molecule has 0 aliphatic carbocycles. The molecule has 0 spiro atoms. The van der Waals surface area contributed by atoms with Crippen molar-refractivity contribution < 1.29 is 9.57 Å². The fraction of sp³-hybridized carbons (Fsp3) is 0.333. The number of allylic oxidation sites excluding steroid dienone is 4. The molecule has 7 heteroatoms. The third kappa shape index (κ3) is 7.37. The van der Waals surface area contributed by atoms with E-state index in [9.17, 15) is 0 Å². The monoisotopic (exact) mass is 419 g/mol. The molecule has 3 heterocycles. The normalized spacial score (nSPS) is 14.5. The van der Waals surface area contributed by atoms with Crippen LogP contribution in [0.2, 0.25) is 0 Å². The molecule has 1 fully saturated rings. The van der Waals surface area contributed by atoms with Gasteiger partial charge in [-0.1, -0.05) is 42.1 Å². The van der Waals surface area contributed by atoms with Crippen LogP contribution >= 0.6 is 0 Å². The average molecular weight is 420 g/mol. The predicted octanol–water partition coefficient (Wildman–Crippen LogP) is 4.54. The van der Waals surface area contributed by atoms with Gasteiger partial charge in [-0.25, -0.2) is 0 Å². The Morgan fingerprint density at radius 1 is 1.23 bits per heavy atom. The summed E-state index contributed by atoms with van der Waals surface area (Å²) in [6.07, 6.45) is 11.1. The SMILES string of the molecule is C=CC(/C=N/Oc1cc(N2CCCCC2)nc(OCCc2ccccn2)n1)=C\C(=C)C. The standard InChI is InChI=1S/C24H29N5O2/c1-4-20(16-19(2)3)18-26-31-23-17-22(29-13-8-5-9-14-29)27-24(28-23)30-15-11-21-10-6-7-12-25-21/h4,6-7,10,12,16-18H,1-2,5,8-9,11,13-15H2,3H3/b20-16+,26-18+. The number of nitrogens with zero attached hydrogens (tertiary/aromatic N) is 5. The lowest BCUT2D eigenvalue weighted by atomic mass is 10.1. The quantitative estimate of drug-likeness (QED) is 0.320. The number of hydrogen-bond donors (Lipinski definition) is 0. The molecule has 0 unspecified atom stereocenters. The molecule has 3 rings (SSSR count). The molecular formula is C24H29N5O2. The summed E-state index contributed by atoms with van der Waals surface area (Å²) in [6.45, 7) is 11.9. The van der Waals surface area contributed by atoms with Crippen molar-refractivity contribution in [3.63, 3.8) is 0 Å². The third-order valence-corrected chi connectivity index (χ3v) is 4.66. The minimum atomic E-state index is 0.269. The highest BCUT2D eigenvalue weighted by Crippen LogP contribution is 2.24. The van der Waals surface area contributed by atoms with E-state index in [0.717, 1.165) is 48.6 Å². The van der Waals surface area contributed by atoms with Crippen molar-refractivity contribution in [2.24, 2.45) is 5.16 Å². The zero-order chi connectivity index (χ0) is 21.9. The largest absolute Gasteiger partial charge is 0.463 e. The summed E-state index contributed by atoms with van der Waals surface area (Å²) in [5, 5.41) is 4.04. The second-order valence-electron chi connectivity index (χ2n) is 7.33. The Balaban J connectivity index is 1.72. The van der Waals surface area contributed by atoms with E-state index < -0.39 is 0 Å². The molecule has 1 aliphatic heterocycles. The molecule has 0 N–H and O–H groups in total. The molecule has 0 atom stereocenters. The molecule has 0 amide bonds. The molecule has 2 aromatic rings.